The summed E-state index contributed by atoms with van der Waals surface area (Å²) in [5.41, 5.74) is 1.60. The molecule has 10 heteroatoms. The van der Waals surface area contributed by atoms with E-state index in [0.29, 0.717) is 28.9 Å². The summed E-state index contributed by atoms with van der Waals surface area (Å²) in [6, 6.07) is 15.4. The standard InChI is InChI=1S/C24H19FN6O3/c25-18-8-4-5-16(11-18)14-30-15-28-21-19(24(30)33)12-29-31(21)10-9-26-22(32)23-27-13-20(34-23)17-6-2-1-3-7-17/h1-8,11-13,15H,9-10,14H2,(H,26,32). The number of fused-ring (bicyclic) bond motifs is 1. The van der Waals surface area contributed by atoms with Crippen molar-refractivity contribution in [2.45, 2.75) is 13.1 Å². The molecule has 3 aromatic heterocycles. The molecule has 0 saturated heterocycles. The Morgan fingerprint density at radius 2 is 1.91 bits per heavy atom. The number of oxazole rings is 1. The molecule has 0 saturated carbocycles. The molecule has 9 nitrogen and oxygen atoms in total. The highest BCUT2D eigenvalue weighted by atomic mass is 19.1. The molecule has 0 fully saturated rings. The molecule has 5 aromatic rings. The van der Waals surface area contributed by atoms with Crippen molar-refractivity contribution in [2.24, 2.45) is 0 Å². The average Bonchev–Trinajstić information content (AvgIpc) is 3.50. The van der Waals surface area contributed by atoms with Gasteiger partial charge in [0.25, 0.3) is 11.4 Å². The van der Waals surface area contributed by atoms with Crippen LogP contribution in [-0.4, -0.2) is 36.8 Å². The molecule has 0 spiro atoms. The van der Waals surface area contributed by atoms with E-state index < -0.39 is 5.91 Å². The SMILES string of the molecule is O=C(NCCn1ncc2c(=O)n(Cc3cccc(F)c3)cnc21)c1ncc(-c2ccccc2)o1. The lowest BCUT2D eigenvalue weighted by Crippen LogP contribution is -2.28. The van der Waals surface area contributed by atoms with Crippen molar-refractivity contribution < 1.29 is 13.6 Å². The van der Waals surface area contributed by atoms with E-state index in [2.05, 4.69) is 20.4 Å². The van der Waals surface area contributed by atoms with Crippen molar-refractivity contribution in [3.8, 4) is 11.3 Å². The summed E-state index contributed by atoms with van der Waals surface area (Å²) in [6.45, 7) is 0.719. The molecule has 0 atom stereocenters. The highest BCUT2D eigenvalue weighted by molar-refractivity contribution is 5.90. The van der Waals surface area contributed by atoms with E-state index in [1.807, 2.05) is 30.3 Å². The first kappa shape index (κ1) is 21.3. The highest BCUT2D eigenvalue weighted by Crippen LogP contribution is 2.19. The lowest BCUT2D eigenvalue weighted by molar-refractivity contribution is 0.0918. The number of carbonyl (C=O) groups excluding carboxylic acids is 1. The normalized spacial score (nSPS) is 11.1. The zero-order valence-corrected chi connectivity index (χ0v) is 17.9. The monoisotopic (exact) mass is 458 g/mol. The Bertz CT molecular complexity index is 1520. The molecule has 1 amide bonds. The van der Waals surface area contributed by atoms with Crippen LogP contribution in [0.5, 0.6) is 0 Å². The summed E-state index contributed by atoms with van der Waals surface area (Å²) < 4.78 is 21.9. The Kier molecular flexibility index (Phi) is 5.69. The smallest absolute Gasteiger partial charge is 0.307 e. The van der Waals surface area contributed by atoms with Gasteiger partial charge in [-0.1, -0.05) is 42.5 Å². The molecule has 0 aliphatic rings. The van der Waals surface area contributed by atoms with Crippen LogP contribution >= 0.6 is 0 Å². The minimum atomic E-state index is -0.455. The van der Waals surface area contributed by atoms with Crippen molar-refractivity contribution in [3.63, 3.8) is 0 Å². The molecule has 1 N–H and O–H groups in total. The third-order valence-electron chi connectivity index (χ3n) is 5.23. The largest absolute Gasteiger partial charge is 0.432 e. The minimum absolute atomic E-state index is 0.0393. The van der Waals surface area contributed by atoms with Gasteiger partial charge in [0.15, 0.2) is 11.4 Å². The molecule has 0 bridgehead atoms. The second-order valence-electron chi connectivity index (χ2n) is 7.56. The maximum Gasteiger partial charge on any atom is 0.307 e. The van der Waals surface area contributed by atoms with E-state index in [4.69, 9.17) is 4.42 Å². The van der Waals surface area contributed by atoms with Crippen LogP contribution in [0.2, 0.25) is 0 Å². The first-order chi connectivity index (χ1) is 16.6. The second kappa shape index (κ2) is 9.10. The van der Waals surface area contributed by atoms with Crippen molar-refractivity contribution >= 4 is 16.9 Å². The third-order valence-corrected chi connectivity index (χ3v) is 5.23. The molecule has 34 heavy (non-hydrogen) atoms. The van der Waals surface area contributed by atoms with Gasteiger partial charge >= 0.3 is 5.91 Å². The topological polar surface area (TPSA) is 108 Å². The Morgan fingerprint density at radius 1 is 1.06 bits per heavy atom. The number of benzene rings is 2. The van der Waals surface area contributed by atoms with Gasteiger partial charge < -0.3 is 9.73 Å². The fourth-order valence-corrected chi connectivity index (χ4v) is 3.57. The Morgan fingerprint density at radius 3 is 2.74 bits per heavy atom. The maximum absolute atomic E-state index is 13.4. The number of amides is 1. The number of halogens is 1. The zero-order valence-electron chi connectivity index (χ0n) is 17.9. The van der Waals surface area contributed by atoms with E-state index in [0.717, 1.165) is 5.56 Å². The first-order valence-corrected chi connectivity index (χ1v) is 10.5. The van der Waals surface area contributed by atoms with E-state index in [1.165, 1.54) is 40.1 Å². The van der Waals surface area contributed by atoms with Crippen LogP contribution in [0.1, 0.15) is 16.2 Å². The van der Waals surface area contributed by atoms with E-state index >= 15 is 0 Å². The lowest BCUT2D eigenvalue weighted by Gasteiger charge is -2.07. The molecular formula is C24H19FN6O3. The number of hydrogen-bond donors (Lipinski definition) is 1. The van der Waals surface area contributed by atoms with Gasteiger partial charge in [0, 0.05) is 12.1 Å². The first-order valence-electron chi connectivity index (χ1n) is 10.5. The summed E-state index contributed by atoms with van der Waals surface area (Å²) in [7, 11) is 0. The van der Waals surface area contributed by atoms with Crippen molar-refractivity contribution in [2.75, 3.05) is 6.54 Å². The van der Waals surface area contributed by atoms with Crippen molar-refractivity contribution in [1.82, 2.24) is 29.6 Å². The highest BCUT2D eigenvalue weighted by Gasteiger charge is 2.15. The molecular weight excluding hydrogens is 439 g/mol. The molecule has 5 rings (SSSR count). The average molecular weight is 458 g/mol. The van der Waals surface area contributed by atoms with Gasteiger partial charge in [0.2, 0.25) is 0 Å². The van der Waals surface area contributed by atoms with Gasteiger partial charge in [0.1, 0.15) is 17.5 Å². The number of aromatic nitrogens is 5. The molecule has 0 radical (unpaired) electrons. The van der Waals surface area contributed by atoms with E-state index in [1.54, 1.807) is 12.1 Å². The Balaban J connectivity index is 1.24. The van der Waals surface area contributed by atoms with Crippen LogP contribution in [-0.2, 0) is 13.1 Å². The van der Waals surface area contributed by atoms with E-state index in [9.17, 15) is 14.0 Å². The van der Waals surface area contributed by atoms with Crippen LogP contribution in [0.15, 0.2) is 82.5 Å². The maximum atomic E-state index is 13.4. The second-order valence-corrected chi connectivity index (χ2v) is 7.56. The number of hydrogen-bond acceptors (Lipinski definition) is 6. The van der Waals surface area contributed by atoms with Crippen LogP contribution < -0.4 is 10.9 Å². The summed E-state index contributed by atoms with van der Waals surface area (Å²) in [6.07, 6.45) is 4.35. The molecule has 0 aliphatic heterocycles. The van der Waals surface area contributed by atoms with Crippen molar-refractivity contribution in [1.29, 1.82) is 0 Å². The Hall–Kier alpha value is -4.60. The van der Waals surface area contributed by atoms with Crippen LogP contribution in [0, 0.1) is 5.82 Å². The zero-order chi connectivity index (χ0) is 23.5. The Labute approximate surface area is 192 Å². The minimum Gasteiger partial charge on any atom is -0.432 e. The van der Waals surface area contributed by atoms with Crippen LogP contribution in [0.3, 0.4) is 0 Å². The predicted molar refractivity (Wildman–Crippen MR) is 122 cm³/mol. The van der Waals surface area contributed by atoms with Gasteiger partial charge in [-0.25, -0.2) is 19.0 Å². The summed E-state index contributed by atoms with van der Waals surface area (Å²) in [4.78, 5) is 33.6. The summed E-state index contributed by atoms with van der Waals surface area (Å²) in [5.74, 6) is -0.357. The molecule has 3 heterocycles. The predicted octanol–water partition coefficient (Wildman–Crippen LogP) is 2.87. The van der Waals surface area contributed by atoms with Gasteiger partial charge in [-0.05, 0) is 17.7 Å². The fourth-order valence-electron chi connectivity index (χ4n) is 3.57. The van der Waals surface area contributed by atoms with Crippen LogP contribution in [0.4, 0.5) is 4.39 Å². The molecule has 170 valence electrons. The molecule has 0 aliphatic carbocycles. The molecule has 2 aromatic carbocycles. The van der Waals surface area contributed by atoms with Gasteiger partial charge in [-0.3, -0.25) is 14.2 Å². The van der Waals surface area contributed by atoms with Crippen molar-refractivity contribution in [3.05, 3.63) is 101 Å². The number of carbonyl (C=O) groups is 1. The quantitative estimate of drug-likeness (QED) is 0.402. The van der Waals surface area contributed by atoms with E-state index in [-0.39, 0.29) is 30.4 Å². The lowest BCUT2D eigenvalue weighted by atomic mass is 10.2. The summed E-state index contributed by atoms with van der Waals surface area (Å²) in [5, 5.41) is 7.29. The third kappa shape index (κ3) is 4.33. The number of nitrogens with zero attached hydrogens (tertiary/aromatic N) is 5. The number of nitrogens with one attached hydrogen (secondary N) is 1. The van der Waals surface area contributed by atoms with Crippen LogP contribution in [0.25, 0.3) is 22.4 Å². The van der Waals surface area contributed by atoms with Gasteiger partial charge in [-0.15, -0.1) is 0 Å². The molecule has 0 unspecified atom stereocenters. The fraction of sp³-hybridized carbons (Fsp3) is 0.125. The number of rotatable bonds is 7. The summed E-state index contributed by atoms with van der Waals surface area (Å²) >= 11 is 0. The van der Waals surface area contributed by atoms with Gasteiger partial charge in [-0.2, -0.15) is 5.10 Å². The van der Waals surface area contributed by atoms with Gasteiger partial charge in [0.05, 0.1) is 25.5 Å².